The van der Waals surface area contributed by atoms with Gasteiger partial charge < -0.3 is 14.0 Å². The molecule has 5 aliphatic rings. The molecule has 0 radical (unpaired) electrons. The maximum atomic E-state index is 6.54. The summed E-state index contributed by atoms with van der Waals surface area (Å²) in [5.74, 6) is 2.87. The predicted molar refractivity (Wildman–Crippen MR) is 89.6 cm³/mol. The van der Waals surface area contributed by atoms with Gasteiger partial charge in [-0.25, -0.2) is 0 Å². The fraction of sp³-hybridized carbons (Fsp3) is 0.684. The van der Waals surface area contributed by atoms with Gasteiger partial charge in [0.1, 0.15) is 5.75 Å². The van der Waals surface area contributed by atoms with E-state index in [-0.39, 0.29) is 18.8 Å². The van der Waals surface area contributed by atoms with Crippen LogP contribution < -0.4 is 4.74 Å². The van der Waals surface area contributed by atoms with E-state index in [0.29, 0.717) is 17.3 Å². The molecule has 0 spiro atoms. The minimum absolute atomic E-state index is 0.0834. The molecule has 3 aliphatic carbocycles. The molecule has 122 valence electrons. The molecule has 2 bridgehead atoms. The summed E-state index contributed by atoms with van der Waals surface area (Å²) in [5.41, 5.74) is 1.62. The Morgan fingerprint density at radius 1 is 1.17 bits per heavy atom. The second-order valence-corrected chi connectivity index (χ2v) is 8.68. The maximum Gasteiger partial charge on any atom is 0.458 e. The molecule has 0 N–H and O–H groups in total. The summed E-state index contributed by atoms with van der Waals surface area (Å²) < 4.78 is 18.7. The third-order valence-electron chi connectivity index (χ3n) is 7.28. The number of hydrogen-bond acceptors (Lipinski definition) is 3. The lowest BCUT2D eigenvalue weighted by Gasteiger charge is -2.64. The standard InChI is InChI=1S/C19H25BO3/c1-18(2)13-8-16(18)19(3)17(9-13)22-20(23-19)10-12-11-21-15-7-5-4-6-14(12)15/h4-7,12-13,16-17H,8-11H2,1-3H3/t12?,13?,16?,17?,19-/m0/s1. The summed E-state index contributed by atoms with van der Waals surface area (Å²) in [5, 5.41) is 0. The van der Waals surface area contributed by atoms with Gasteiger partial charge in [0, 0.05) is 11.5 Å². The van der Waals surface area contributed by atoms with Crippen molar-refractivity contribution in [2.45, 2.75) is 57.6 Å². The third kappa shape index (κ3) is 1.85. The smallest absolute Gasteiger partial charge is 0.458 e. The summed E-state index contributed by atoms with van der Waals surface area (Å²) in [7, 11) is -0.0834. The quantitative estimate of drug-likeness (QED) is 0.775. The monoisotopic (exact) mass is 312 g/mol. The zero-order valence-corrected chi connectivity index (χ0v) is 14.2. The van der Waals surface area contributed by atoms with E-state index < -0.39 is 0 Å². The number of para-hydroxylation sites is 1. The van der Waals surface area contributed by atoms with Crippen molar-refractivity contribution in [2.75, 3.05) is 6.61 Å². The number of ether oxygens (including phenoxy) is 1. The van der Waals surface area contributed by atoms with Crippen molar-refractivity contribution in [3.05, 3.63) is 29.8 Å². The van der Waals surface area contributed by atoms with Crippen molar-refractivity contribution < 1.29 is 14.0 Å². The molecule has 0 aromatic heterocycles. The van der Waals surface area contributed by atoms with Gasteiger partial charge in [0.15, 0.2) is 0 Å². The van der Waals surface area contributed by atoms with Crippen molar-refractivity contribution in [3.8, 4) is 5.75 Å². The first-order chi connectivity index (χ1) is 11.0. The van der Waals surface area contributed by atoms with Gasteiger partial charge in [-0.05, 0) is 49.4 Å². The van der Waals surface area contributed by atoms with Crippen LogP contribution >= 0.6 is 0 Å². The van der Waals surface area contributed by atoms with Crippen LogP contribution in [0.25, 0.3) is 0 Å². The van der Waals surface area contributed by atoms with E-state index >= 15 is 0 Å². The number of benzene rings is 1. The second-order valence-electron chi connectivity index (χ2n) is 8.68. The SMILES string of the molecule is CC1(C)C2CC3OB(CC4COc5ccccc54)O[C@@]3(C)C1C2. The number of rotatable bonds is 2. The second kappa shape index (κ2) is 4.55. The van der Waals surface area contributed by atoms with Crippen molar-refractivity contribution in [2.24, 2.45) is 17.3 Å². The highest BCUT2D eigenvalue weighted by Gasteiger charge is 2.67. The highest BCUT2D eigenvalue weighted by atomic mass is 16.7. The van der Waals surface area contributed by atoms with E-state index in [1.807, 2.05) is 6.07 Å². The Morgan fingerprint density at radius 3 is 2.83 bits per heavy atom. The molecule has 23 heavy (non-hydrogen) atoms. The first-order valence-corrected chi connectivity index (χ1v) is 9.03. The molecule has 3 saturated carbocycles. The molecule has 2 heterocycles. The lowest BCUT2D eigenvalue weighted by atomic mass is 9.43. The van der Waals surface area contributed by atoms with Crippen LogP contribution in [0.15, 0.2) is 24.3 Å². The molecule has 4 unspecified atom stereocenters. The number of hydrogen-bond donors (Lipinski definition) is 0. The number of fused-ring (bicyclic) bond motifs is 1. The minimum atomic E-state index is -0.0953. The Balaban J connectivity index is 1.34. The topological polar surface area (TPSA) is 27.7 Å². The van der Waals surface area contributed by atoms with E-state index in [2.05, 4.69) is 39.0 Å². The van der Waals surface area contributed by atoms with Gasteiger partial charge in [-0.2, -0.15) is 0 Å². The maximum absolute atomic E-state index is 6.54. The fourth-order valence-corrected chi connectivity index (χ4v) is 5.71. The lowest BCUT2D eigenvalue weighted by Crippen LogP contribution is -2.65. The van der Waals surface area contributed by atoms with Crippen LogP contribution in [-0.2, 0) is 9.31 Å². The third-order valence-corrected chi connectivity index (χ3v) is 7.28. The van der Waals surface area contributed by atoms with Crippen LogP contribution in [0.4, 0.5) is 0 Å². The molecule has 5 atom stereocenters. The van der Waals surface area contributed by atoms with Gasteiger partial charge in [0.05, 0.1) is 18.3 Å². The zero-order chi connectivity index (χ0) is 15.8. The molecule has 2 aliphatic heterocycles. The molecule has 1 aromatic carbocycles. The molecule has 1 aromatic rings. The Hall–Kier alpha value is -0.995. The summed E-state index contributed by atoms with van der Waals surface area (Å²) in [4.78, 5) is 0. The Labute approximate surface area is 138 Å². The van der Waals surface area contributed by atoms with E-state index in [4.69, 9.17) is 14.0 Å². The summed E-state index contributed by atoms with van der Waals surface area (Å²) in [6, 6.07) is 8.37. The van der Waals surface area contributed by atoms with Crippen LogP contribution in [0.5, 0.6) is 5.75 Å². The Bertz CT molecular complexity index is 645. The van der Waals surface area contributed by atoms with E-state index in [1.54, 1.807) is 0 Å². The minimum Gasteiger partial charge on any atom is -0.493 e. The van der Waals surface area contributed by atoms with Gasteiger partial charge in [0.25, 0.3) is 0 Å². The largest absolute Gasteiger partial charge is 0.493 e. The Morgan fingerprint density at radius 2 is 2.00 bits per heavy atom. The zero-order valence-electron chi connectivity index (χ0n) is 14.2. The van der Waals surface area contributed by atoms with Crippen molar-refractivity contribution in [3.63, 3.8) is 0 Å². The molecular formula is C19H25BO3. The first-order valence-electron chi connectivity index (χ1n) is 9.03. The summed E-state index contributed by atoms with van der Waals surface area (Å²) >= 11 is 0. The predicted octanol–water partition coefficient (Wildman–Crippen LogP) is 3.89. The Kier molecular flexibility index (Phi) is 2.84. The molecule has 1 saturated heterocycles. The normalized spacial score (nSPS) is 42.7. The molecular weight excluding hydrogens is 287 g/mol. The van der Waals surface area contributed by atoms with Crippen molar-refractivity contribution in [1.82, 2.24) is 0 Å². The lowest BCUT2D eigenvalue weighted by molar-refractivity contribution is -0.199. The molecule has 4 fully saturated rings. The highest BCUT2D eigenvalue weighted by Crippen LogP contribution is 2.66. The van der Waals surface area contributed by atoms with Crippen LogP contribution in [0, 0.1) is 17.3 Å². The van der Waals surface area contributed by atoms with Gasteiger partial charge in [-0.1, -0.05) is 32.0 Å². The van der Waals surface area contributed by atoms with Crippen LogP contribution in [-0.4, -0.2) is 25.4 Å². The molecule has 4 heteroatoms. The first kappa shape index (κ1) is 14.4. The van der Waals surface area contributed by atoms with Crippen molar-refractivity contribution in [1.29, 1.82) is 0 Å². The highest BCUT2D eigenvalue weighted by molar-refractivity contribution is 6.45. The van der Waals surface area contributed by atoms with E-state index in [0.717, 1.165) is 31.0 Å². The van der Waals surface area contributed by atoms with E-state index in [9.17, 15) is 0 Å². The van der Waals surface area contributed by atoms with Gasteiger partial charge in [-0.3, -0.25) is 0 Å². The van der Waals surface area contributed by atoms with E-state index in [1.165, 1.54) is 12.0 Å². The summed E-state index contributed by atoms with van der Waals surface area (Å²) in [6.07, 6.45) is 3.66. The van der Waals surface area contributed by atoms with Gasteiger partial charge in [0.2, 0.25) is 0 Å². The van der Waals surface area contributed by atoms with Crippen molar-refractivity contribution >= 4 is 7.12 Å². The van der Waals surface area contributed by atoms with Gasteiger partial charge >= 0.3 is 7.12 Å². The fourth-order valence-electron chi connectivity index (χ4n) is 5.71. The summed E-state index contributed by atoms with van der Waals surface area (Å²) in [6.45, 7) is 7.86. The van der Waals surface area contributed by atoms with Gasteiger partial charge in [-0.15, -0.1) is 0 Å². The van der Waals surface area contributed by atoms with Crippen LogP contribution in [0.3, 0.4) is 0 Å². The van der Waals surface area contributed by atoms with Crippen LogP contribution in [0.1, 0.15) is 45.1 Å². The molecule has 3 nitrogen and oxygen atoms in total. The molecule has 6 rings (SSSR count). The molecule has 0 amide bonds. The average Bonchev–Trinajstić information content (AvgIpc) is 3.07. The average molecular weight is 312 g/mol. The van der Waals surface area contributed by atoms with Crippen LogP contribution in [0.2, 0.25) is 6.32 Å².